The lowest BCUT2D eigenvalue weighted by Gasteiger charge is -2.14. The van der Waals surface area contributed by atoms with E-state index < -0.39 is 11.6 Å². The van der Waals surface area contributed by atoms with Crippen LogP contribution in [0, 0.1) is 0 Å². The van der Waals surface area contributed by atoms with E-state index in [4.69, 9.17) is 9.94 Å². The highest BCUT2D eigenvalue weighted by Crippen LogP contribution is 2.26. The van der Waals surface area contributed by atoms with Gasteiger partial charge in [0, 0.05) is 25.2 Å². The van der Waals surface area contributed by atoms with Gasteiger partial charge in [0.05, 0.1) is 11.9 Å². The smallest absolute Gasteiger partial charge is 0.351 e. The van der Waals surface area contributed by atoms with E-state index in [0.717, 1.165) is 5.56 Å². The number of rotatable bonds is 2. The first-order valence-corrected chi connectivity index (χ1v) is 4.49. The van der Waals surface area contributed by atoms with Gasteiger partial charge in [0.1, 0.15) is 0 Å². The SMILES string of the molecule is Cn1cc(C2=NOC(C)(C(=O)O)C2)cn1. The summed E-state index contributed by atoms with van der Waals surface area (Å²) in [5, 5.41) is 16.7. The molecule has 0 amide bonds. The van der Waals surface area contributed by atoms with E-state index >= 15 is 0 Å². The fraction of sp³-hybridized carbons (Fsp3) is 0.444. The normalized spacial score (nSPS) is 24.8. The van der Waals surface area contributed by atoms with Crippen molar-refractivity contribution >= 4 is 11.7 Å². The van der Waals surface area contributed by atoms with Gasteiger partial charge in [-0.2, -0.15) is 5.10 Å². The summed E-state index contributed by atoms with van der Waals surface area (Å²) in [6.45, 7) is 1.50. The topological polar surface area (TPSA) is 76.7 Å². The molecule has 0 bridgehead atoms. The summed E-state index contributed by atoms with van der Waals surface area (Å²) >= 11 is 0. The fourth-order valence-electron chi connectivity index (χ4n) is 1.38. The number of nitrogens with zero attached hydrogens (tertiary/aromatic N) is 3. The zero-order valence-electron chi connectivity index (χ0n) is 8.47. The van der Waals surface area contributed by atoms with Crippen molar-refractivity contribution in [2.24, 2.45) is 12.2 Å². The zero-order chi connectivity index (χ0) is 11.1. The number of aryl methyl sites for hydroxylation is 1. The third-order valence-corrected chi connectivity index (χ3v) is 2.35. The van der Waals surface area contributed by atoms with Crippen molar-refractivity contribution in [3.8, 4) is 0 Å². The average Bonchev–Trinajstić information content (AvgIpc) is 2.73. The number of carboxylic acids is 1. The second-order valence-electron chi connectivity index (χ2n) is 3.74. The third kappa shape index (κ3) is 1.58. The molecule has 0 saturated carbocycles. The lowest BCUT2D eigenvalue weighted by Crippen LogP contribution is -2.35. The number of hydrogen-bond donors (Lipinski definition) is 1. The molecule has 1 N–H and O–H groups in total. The van der Waals surface area contributed by atoms with Crippen LogP contribution in [-0.2, 0) is 16.7 Å². The van der Waals surface area contributed by atoms with Crippen molar-refractivity contribution < 1.29 is 14.7 Å². The van der Waals surface area contributed by atoms with Crippen LogP contribution < -0.4 is 0 Å². The maximum Gasteiger partial charge on any atom is 0.351 e. The van der Waals surface area contributed by atoms with Crippen LogP contribution in [0.3, 0.4) is 0 Å². The molecule has 6 nitrogen and oxygen atoms in total. The van der Waals surface area contributed by atoms with Gasteiger partial charge >= 0.3 is 5.97 Å². The quantitative estimate of drug-likeness (QED) is 0.764. The van der Waals surface area contributed by atoms with E-state index in [1.165, 1.54) is 6.92 Å². The lowest BCUT2D eigenvalue weighted by molar-refractivity contribution is -0.160. The Morgan fingerprint density at radius 3 is 2.93 bits per heavy atom. The summed E-state index contributed by atoms with van der Waals surface area (Å²) in [6.07, 6.45) is 3.67. The van der Waals surface area contributed by atoms with Crippen LogP contribution in [0.15, 0.2) is 17.5 Å². The predicted molar refractivity (Wildman–Crippen MR) is 51.5 cm³/mol. The molecular weight excluding hydrogens is 198 g/mol. The average molecular weight is 209 g/mol. The molecule has 0 spiro atoms. The van der Waals surface area contributed by atoms with Crippen LogP contribution in [0.1, 0.15) is 18.9 Å². The Morgan fingerprint density at radius 1 is 1.73 bits per heavy atom. The first-order chi connectivity index (χ1) is 7.01. The molecule has 0 aromatic carbocycles. The highest BCUT2D eigenvalue weighted by molar-refractivity contribution is 6.04. The van der Waals surface area contributed by atoms with Crippen LogP contribution in [-0.4, -0.2) is 32.2 Å². The largest absolute Gasteiger partial charge is 0.478 e. The van der Waals surface area contributed by atoms with E-state index in [1.807, 2.05) is 0 Å². The molecular formula is C9H11N3O3. The number of aliphatic carboxylic acids is 1. The predicted octanol–water partition coefficient (Wildman–Crippen LogP) is 0.388. The van der Waals surface area contributed by atoms with Gasteiger partial charge in [0.2, 0.25) is 5.60 Å². The molecule has 1 atom stereocenters. The third-order valence-electron chi connectivity index (χ3n) is 2.35. The van der Waals surface area contributed by atoms with Crippen LogP contribution in [0.2, 0.25) is 0 Å². The maximum atomic E-state index is 10.9. The maximum absolute atomic E-state index is 10.9. The Hall–Kier alpha value is -1.85. The highest BCUT2D eigenvalue weighted by Gasteiger charge is 2.42. The van der Waals surface area contributed by atoms with Crippen molar-refractivity contribution in [1.29, 1.82) is 0 Å². The number of carboxylic acid groups (broad SMARTS) is 1. The summed E-state index contributed by atoms with van der Waals surface area (Å²) in [5.74, 6) is -1.01. The Bertz CT molecular complexity index is 438. The molecule has 1 aromatic heterocycles. The van der Waals surface area contributed by atoms with Crippen molar-refractivity contribution in [2.75, 3.05) is 0 Å². The van der Waals surface area contributed by atoms with Gasteiger partial charge in [-0.25, -0.2) is 4.79 Å². The van der Waals surface area contributed by atoms with Crippen molar-refractivity contribution in [3.63, 3.8) is 0 Å². The lowest BCUT2D eigenvalue weighted by atomic mass is 9.98. The minimum absolute atomic E-state index is 0.258. The van der Waals surface area contributed by atoms with Gasteiger partial charge in [-0.05, 0) is 6.92 Å². The molecule has 6 heteroatoms. The van der Waals surface area contributed by atoms with E-state index in [9.17, 15) is 4.79 Å². The minimum Gasteiger partial charge on any atom is -0.478 e. The molecule has 0 radical (unpaired) electrons. The molecule has 2 heterocycles. The van der Waals surface area contributed by atoms with Gasteiger partial charge in [-0.1, -0.05) is 5.16 Å². The molecule has 1 aliphatic rings. The summed E-state index contributed by atoms with van der Waals surface area (Å²) in [4.78, 5) is 15.8. The van der Waals surface area contributed by atoms with Gasteiger partial charge in [-0.3, -0.25) is 4.68 Å². The van der Waals surface area contributed by atoms with Gasteiger partial charge in [0.15, 0.2) is 0 Å². The molecule has 1 aromatic rings. The molecule has 2 rings (SSSR count). The molecule has 0 fully saturated rings. The van der Waals surface area contributed by atoms with Crippen molar-refractivity contribution in [1.82, 2.24) is 9.78 Å². The molecule has 1 unspecified atom stereocenters. The standard InChI is InChI=1S/C9H11N3O3/c1-9(8(13)14)3-7(11-15-9)6-4-10-12(2)5-6/h4-5H,3H2,1-2H3,(H,13,14). The molecule has 0 saturated heterocycles. The second kappa shape index (κ2) is 3.08. The molecule has 15 heavy (non-hydrogen) atoms. The zero-order valence-corrected chi connectivity index (χ0v) is 8.47. The number of oxime groups is 1. The summed E-state index contributed by atoms with van der Waals surface area (Å²) in [5.41, 5.74) is 0.168. The van der Waals surface area contributed by atoms with Crippen molar-refractivity contribution in [2.45, 2.75) is 18.9 Å². The van der Waals surface area contributed by atoms with E-state index in [0.29, 0.717) is 5.71 Å². The first kappa shape index (κ1) is 9.70. The van der Waals surface area contributed by atoms with Crippen molar-refractivity contribution in [3.05, 3.63) is 18.0 Å². The fourth-order valence-corrected chi connectivity index (χ4v) is 1.38. The van der Waals surface area contributed by atoms with Crippen LogP contribution in [0.4, 0.5) is 0 Å². The van der Waals surface area contributed by atoms with Gasteiger partial charge < -0.3 is 9.94 Å². The summed E-state index contributed by atoms with van der Waals surface area (Å²) in [6, 6.07) is 0. The minimum atomic E-state index is -1.24. The first-order valence-electron chi connectivity index (χ1n) is 4.49. The molecule has 0 aliphatic carbocycles. The Morgan fingerprint density at radius 2 is 2.47 bits per heavy atom. The molecule has 1 aliphatic heterocycles. The van der Waals surface area contributed by atoms with E-state index in [1.54, 1.807) is 24.1 Å². The van der Waals surface area contributed by atoms with Gasteiger partial charge in [-0.15, -0.1) is 0 Å². The van der Waals surface area contributed by atoms with Gasteiger partial charge in [0.25, 0.3) is 0 Å². The van der Waals surface area contributed by atoms with E-state index in [2.05, 4.69) is 10.3 Å². The van der Waals surface area contributed by atoms with Crippen LogP contribution in [0.25, 0.3) is 0 Å². The highest BCUT2D eigenvalue weighted by atomic mass is 16.7. The van der Waals surface area contributed by atoms with E-state index in [-0.39, 0.29) is 6.42 Å². The second-order valence-corrected chi connectivity index (χ2v) is 3.74. The monoisotopic (exact) mass is 209 g/mol. The molecule has 80 valence electrons. The number of aromatic nitrogens is 2. The number of hydrogen-bond acceptors (Lipinski definition) is 4. The summed E-state index contributed by atoms with van der Waals surface area (Å²) in [7, 11) is 1.79. The Labute approximate surface area is 86.1 Å². The number of carbonyl (C=O) groups is 1. The van der Waals surface area contributed by atoms with Crippen LogP contribution >= 0.6 is 0 Å². The summed E-state index contributed by atoms with van der Waals surface area (Å²) < 4.78 is 1.63. The van der Waals surface area contributed by atoms with Crippen LogP contribution in [0.5, 0.6) is 0 Å². The Balaban J connectivity index is 2.20. The Kier molecular flexibility index (Phi) is 1.99.